The van der Waals surface area contributed by atoms with E-state index < -0.39 is 5.82 Å². The molecule has 4 nitrogen and oxygen atoms in total. The van der Waals surface area contributed by atoms with E-state index in [9.17, 15) is 9.18 Å². The Bertz CT molecular complexity index is 716. The number of nitrogens with one attached hydrogen (secondary N) is 1. The molecule has 0 atom stereocenters. The zero-order chi connectivity index (χ0) is 17.5. The van der Waals surface area contributed by atoms with Crippen molar-refractivity contribution < 1.29 is 18.7 Å². The second kappa shape index (κ2) is 8.34. The number of carbonyl (C=O) groups excluding carboxylic acids is 1. The number of carbonyl (C=O) groups is 1. The van der Waals surface area contributed by atoms with Gasteiger partial charge in [-0.05, 0) is 35.7 Å². The highest BCUT2D eigenvalue weighted by atomic mass is 19.1. The van der Waals surface area contributed by atoms with Crippen molar-refractivity contribution in [1.82, 2.24) is 5.32 Å². The molecule has 0 aliphatic carbocycles. The first-order valence-corrected chi connectivity index (χ1v) is 7.85. The van der Waals surface area contributed by atoms with Crippen LogP contribution in [-0.4, -0.2) is 20.1 Å². The number of hydrogen-bond acceptors (Lipinski definition) is 3. The first kappa shape index (κ1) is 17.8. The Kier molecular flexibility index (Phi) is 6.18. The predicted molar refractivity (Wildman–Crippen MR) is 90.9 cm³/mol. The molecule has 0 radical (unpaired) electrons. The Labute approximate surface area is 141 Å². The van der Waals surface area contributed by atoms with E-state index in [0.717, 1.165) is 23.1 Å². The van der Waals surface area contributed by atoms with Gasteiger partial charge in [0.1, 0.15) is 12.4 Å². The fourth-order valence-electron chi connectivity index (χ4n) is 2.42. The molecule has 0 fully saturated rings. The Balaban J connectivity index is 2.23. The number of halogens is 1. The summed E-state index contributed by atoms with van der Waals surface area (Å²) in [5.74, 6) is 0.297. The molecule has 0 spiro atoms. The van der Waals surface area contributed by atoms with Gasteiger partial charge < -0.3 is 14.8 Å². The number of hydrogen-bond donors (Lipinski definition) is 1. The molecule has 2 aromatic carbocycles. The van der Waals surface area contributed by atoms with Gasteiger partial charge in [-0.2, -0.15) is 0 Å². The van der Waals surface area contributed by atoms with Crippen molar-refractivity contribution in [2.75, 3.05) is 14.2 Å². The van der Waals surface area contributed by atoms with Crippen molar-refractivity contribution in [3.8, 4) is 11.5 Å². The van der Waals surface area contributed by atoms with Gasteiger partial charge in [0.15, 0.2) is 11.6 Å². The molecule has 0 bridgehead atoms. The van der Waals surface area contributed by atoms with Crippen LogP contribution in [0.15, 0.2) is 36.4 Å². The van der Waals surface area contributed by atoms with Crippen molar-refractivity contribution in [1.29, 1.82) is 0 Å². The van der Waals surface area contributed by atoms with Gasteiger partial charge >= 0.3 is 0 Å². The molecule has 0 saturated carbocycles. The van der Waals surface area contributed by atoms with Gasteiger partial charge in [-0.3, -0.25) is 4.79 Å². The van der Waals surface area contributed by atoms with Crippen LogP contribution in [0.25, 0.3) is 0 Å². The normalized spacial score (nSPS) is 10.3. The molecule has 24 heavy (non-hydrogen) atoms. The van der Waals surface area contributed by atoms with Crippen LogP contribution in [-0.2, 0) is 24.2 Å². The predicted octanol–water partition coefficient (Wildman–Crippen LogP) is 3.26. The summed E-state index contributed by atoms with van der Waals surface area (Å²) in [6.07, 6.45) is 0.976. The fourth-order valence-corrected chi connectivity index (χ4v) is 2.42. The van der Waals surface area contributed by atoms with E-state index >= 15 is 0 Å². The van der Waals surface area contributed by atoms with Crippen LogP contribution in [0.3, 0.4) is 0 Å². The van der Waals surface area contributed by atoms with Crippen LogP contribution < -0.4 is 14.8 Å². The quantitative estimate of drug-likeness (QED) is 0.847. The molecule has 0 unspecified atom stereocenters. The Hall–Kier alpha value is -2.56. The lowest BCUT2D eigenvalue weighted by Gasteiger charge is -2.15. The number of aryl methyl sites for hydroxylation is 1. The molecule has 0 saturated heterocycles. The average Bonchev–Trinajstić information content (AvgIpc) is 2.60. The van der Waals surface area contributed by atoms with Crippen molar-refractivity contribution in [3.63, 3.8) is 0 Å². The van der Waals surface area contributed by atoms with E-state index in [1.165, 1.54) is 6.07 Å². The number of rotatable bonds is 7. The number of ether oxygens (including phenoxy) is 2. The molecule has 0 aliphatic rings. The molecule has 0 aromatic heterocycles. The van der Waals surface area contributed by atoms with Crippen LogP contribution in [0.5, 0.6) is 11.5 Å². The van der Waals surface area contributed by atoms with E-state index in [4.69, 9.17) is 9.47 Å². The minimum atomic E-state index is -0.392. The second-order valence-electron chi connectivity index (χ2n) is 5.35. The van der Waals surface area contributed by atoms with Crippen molar-refractivity contribution >= 4 is 5.91 Å². The maximum Gasteiger partial charge on any atom is 0.224 e. The molecule has 2 aromatic rings. The van der Waals surface area contributed by atoms with Gasteiger partial charge in [-0.15, -0.1) is 0 Å². The molecule has 128 valence electrons. The van der Waals surface area contributed by atoms with Crippen LogP contribution in [0.4, 0.5) is 4.39 Å². The summed E-state index contributed by atoms with van der Waals surface area (Å²) < 4.78 is 25.1. The lowest BCUT2D eigenvalue weighted by Crippen LogP contribution is -2.21. The van der Waals surface area contributed by atoms with E-state index in [0.29, 0.717) is 5.75 Å². The summed E-state index contributed by atoms with van der Waals surface area (Å²) in [6, 6.07) is 10.4. The van der Waals surface area contributed by atoms with Gasteiger partial charge in [0.25, 0.3) is 0 Å². The van der Waals surface area contributed by atoms with Crippen molar-refractivity contribution in [2.45, 2.75) is 26.4 Å². The minimum Gasteiger partial charge on any atom is -0.496 e. The highest BCUT2D eigenvalue weighted by Crippen LogP contribution is 2.26. The average molecular weight is 331 g/mol. The maximum absolute atomic E-state index is 14.1. The van der Waals surface area contributed by atoms with E-state index in [1.54, 1.807) is 26.3 Å². The highest BCUT2D eigenvalue weighted by Gasteiger charge is 2.14. The Morgan fingerprint density at radius 2 is 2.00 bits per heavy atom. The third kappa shape index (κ3) is 4.25. The first-order chi connectivity index (χ1) is 11.6. The van der Waals surface area contributed by atoms with Gasteiger partial charge in [0.05, 0.1) is 13.5 Å². The second-order valence-corrected chi connectivity index (χ2v) is 5.35. The Morgan fingerprint density at radius 3 is 2.62 bits per heavy atom. The van der Waals surface area contributed by atoms with E-state index in [2.05, 4.69) is 5.32 Å². The SMILES string of the molecule is CCc1ccc(OCc2c(CC(=O)NC)cccc2OC)c(F)c1. The molecule has 2 rings (SSSR count). The number of methoxy groups -OCH3 is 1. The van der Waals surface area contributed by atoms with Crippen molar-refractivity contribution in [3.05, 3.63) is 58.9 Å². The van der Waals surface area contributed by atoms with Gasteiger partial charge in [0.2, 0.25) is 5.91 Å². The molecular formula is C19H22FNO3. The first-order valence-electron chi connectivity index (χ1n) is 7.85. The number of likely N-dealkylation sites (N-methyl/N-ethyl adjacent to an activating group) is 1. The lowest BCUT2D eigenvalue weighted by molar-refractivity contribution is -0.119. The number of amides is 1. The summed E-state index contributed by atoms with van der Waals surface area (Å²) in [5, 5.41) is 2.59. The maximum atomic E-state index is 14.1. The third-order valence-electron chi connectivity index (χ3n) is 3.86. The van der Waals surface area contributed by atoms with Crippen LogP contribution in [0.2, 0.25) is 0 Å². The molecule has 1 amide bonds. The topological polar surface area (TPSA) is 47.6 Å². The smallest absolute Gasteiger partial charge is 0.224 e. The molecule has 5 heteroatoms. The molecule has 0 aliphatic heterocycles. The van der Waals surface area contributed by atoms with Crippen LogP contribution in [0, 0.1) is 5.82 Å². The zero-order valence-electron chi connectivity index (χ0n) is 14.2. The van der Waals surface area contributed by atoms with Gasteiger partial charge in [0, 0.05) is 12.6 Å². The molecule has 0 heterocycles. The standard InChI is InChI=1S/C19H22FNO3/c1-4-13-8-9-18(16(20)10-13)24-12-15-14(11-19(22)21-2)6-5-7-17(15)23-3/h5-10H,4,11-12H2,1-3H3,(H,21,22). The summed E-state index contributed by atoms with van der Waals surface area (Å²) in [5.41, 5.74) is 2.44. The van der Waals surface area contributed by atoms with Gasteiger partial charge in [-0.25, -0.2) is 4.39 Å². The summed E-state index contributed by atoms with van der Waals surface area (Å²) >= 11 is 0. The molecular weight excluding hydrogens is 309 g/mol. The van der Waals surface area contributed by atoms with Crippen LogP contribution >= 0.6 is 0 Å². The van der Waals surface area contributed by atoms with Crippen molar-refractivity contribution in [2.24, 2.45) is 0 Å². The number of benzene rings is 2. The third-order valence-corrected chi connectivity index (χ3v) is 3.86. The van der Waals surface area contributed by atoms with E-state index in [-0.39, 0.29) is 24.7 Å². The van der Waals surface area contributed by atoms with E-state index in [1.807, 2.05) is 25.1 Å². The monoisotopic (exact) mass is 331 g/mol. The Morgan fingerprint density at radius 1 is 1.21 bits per heavy atom. The fraction of sp³-hybridized carbons (Fsp3) is 0.316. The van der Waals surface area contributed by atoms with Gasteiger partial charge in [-0.1, -0.05) is 25.1 Å². The molecule has 1 N–H and O–H groups in total. The summed E-state index contributed by atoms with van der Waals surface area (Å²) in [7, 11) is 3.14. The largest absolute Gasteiger partial charge is 0.496 e. The zero-order valence-corrected chi connectivity index (χ0v) is 14.2. The summed E-state index contributed by atoms with van der Waals surface area (Å²) in [4.78, 5) is 11.7. The highest BCUT2D eigenvalue weighted by molar-refractivity contribution is 5.78. The lowest BCUT2D eigenvalue weighted by atomic mass is 10.0. The minimum absolute atomic E-state index is 0.108. The van der Waals surface area contributed by atoms with Crippen LogP contribution in [0.1, 0.15) is 23.6 Å². The summed E-state index contributed by atoms with van der Waals surface area (Å²) in [6.45, 7) is 2.09.